The Bertz CT molecular complexity index is 1400. The number of carboxylic acid groups (broad SMARTS) is 1. The number of rotatable bonds is 6. The minimum Gasteiger partial charge on any atom is -0.534 e. The van der Waals surface area contributed by atoms with Gasteiger partial charge in [-0.2, -0.15) is 0 Å². The van der Waals surface area contributed by atoms with Crippen LogP contribution in [-0.2, 0) is 20.8 Å². The Kier molecular flexibility index (Phi) is 7.86. The first-order chi connectivity index (χ1) is 18.9. The number of aromatic carboxylic acids is 1. The number of aromatic hydroxyl groups is 2. The largest absolute Gasteiger partial charge is 0.547 e. The number of phenols is 2. The molecule has 0 aromatic heterocycles. The van der Waals surface area contributed by atoms with Gasteiger partial charge in [-0.05, 0) is 43.5 Å². The summed E-state index contributed by atoms with van der Waals surface area (Å²) in [5, 5.41) is 45.1. The van der Waals surface area contributed by atoms with Crippen molar-refractivity contribution in [2.45, 2.75) is 32.3 Å². The predicted octanol–water partition coefficient (Wildman–Crippen LogP) is -0.315. The minimum absolute atomic E-state index is 0.0181. The first-order valence-corrected chi connectivity index (χ1v) is 12.4. The monoisotopic (exact) mass is 554 g/mol. The molecule has 5 amide bonds. The van der Waals surface area contributed by atoms with Crippen LogP contribution in [-0.4, -0.2) is 92.6 Å². The van der Waals surface area contributed by atoms with E-state index in [-0.39, 0.29) is 48.5 Å². The number of hydrogen-bond acceptors (Lipinski definition) is 9. The quantitative estimate of drug-likeness (QED) is 0.156. The summed E-state index contributed by atoms with van der Waals surface area (Å²) in [6.45, 7) is 3.35. The molecule has 2 aliphatic heterocycles. The zero-order chi connectivity index (χ0) is 29.3. The van der Waals surface area contributed by atoms with Crippen molar-refractivity contribution >= 4 is 36.8 Å². The average molecular weight is 554 g/mol. The van der Waals surface area contributed by atoms with Crippen molar-refractivity contribution in [2.24, 2.45) is 0 Å². The van der Waals surface area contributed by atoms with Gasteiger partial charge in [0.25, 0.3) is 0 Å². The van der Waals surface area contributed by atoms with Gasteiger partial charge in [-0.1, -0.05) is 18.2 Å². The summed E-state index contributed by atoms with van der Waals surface area (Å²) in [5.41, 5.74) is 0.360. The number of benzene rings is 2. The van der Waals surface area contributed by atoms with E-state index in [1.807, 2.05) is 0 Å². The molecule has 2 aliphatic rings. The number of carbonyl (C=O) groups is 5. The Hall–Kier alpha value is -4.79. The van der Waals surface area contributed by atoms with E-state index in [9.17, 15) is 44.3 Å². The van der Waals surface area contributed by atoms with Crippen LogP contribution in [0.3, 0.4) is 0 Å². The molecule has 15 heteroatoms. The summed E-state index contributed by atoms with van der Waals surface area (Å²) in [7, 11) is -1.65. The summed E-state index contributed by atoms with van der Waals surface area (Å²) in [6.07, 6.45) is -0.0181. The molecule has 6 N–H and O–H groups in total. The van der Waals surface area contributed by atoms with Gasteiger partial charge in [-0.25, -0.2) is 9.59 Å². The summed E-state index contributed by atoms with van der Waals surface area (Å²) < 4.78 is 5.41. The van der Waals surface area contributed by atoms with E-state index in [0.717, 1.165) is 6.07 Å². The lowest BCUT2D eigenvalue weighted by Gasteiger charge is -2.33. The lowest BCUT2D eigenvalue weighted by Crippen LogP contribution is -2.60. The lowest BCUT2D eigenvalue weighted by atomic mass is 9.72. The van der Waals surface area contributed by atoms with Gasteiger partial charge in [0, 0.05) is 25.2 Å². The number of hydrogen-bond donors (Lipinski definition) is 6. The summed E-state index contributed by atoms with van der Waals surface area (Å²) in [6, 6.07) is 4.19. The zero-order valence-electron chi connectivity index (χ0n) is 21.6. The number of carbonyl (C=O) groups excluding carboxylic acids is 4. The van der Waals surface area contributed by atoms with Crippen molar-refractivity contribution in [3.8, 4) is 17.2 Å². The van der Waals surface area contributed by atoms with Crippen LogP contribution in [0.15, 0.2) is 30.3 Å². The van der Waals surface area contributed by atoms with E-state index in [2.05, 4.69) is 10.6 Å². The number of amides is 5. The van der Waals surface area contributed by atoms with E-state index in [4.69, 9.17) is 4.65 Å². The van der Waals surface area contributed by atoms with Crippen molar-refractivity contribution in [2.75, 3.05) is 19.6 Å². The maximum Gasteiger partial charge on any atom is 0.547 e. The van der Waals surface area contributed by atoms with Crippen molar-refractivity contribution < 1.29 is 49.0 Å². The number of urea groups is 1. The van der Waals surface area contributed by atoms with Gasteiger partial charge in [-0.3, -0.25) is 19.3 Å². The van der Waals surface area contributed by atoms with E-state index in [1.165, 1.54) is 30.0 Å². The van der Waals surface area contributed by atoms with Crippen LogP contribution < -0.4 is 15.3 Å². The van der Waals surface area contributed by atoms with Crippen molar-refractivity contribution in [1.82, 2.24) is 20.4 Å². The molecule has 0 spiro atoms. The topological polar surface area (TPSA) is 206 Å². The second kappa shape index (κ2) is 11.1. The number of imide groups is 1. The van der Waals surface area contributed by atoms with Gasteiger partial charge in [0.05, 0.1) is 11.5 Å². The molecular weight excluding hydrogens is 527 g/mol. The second-order valence-electron chi connectivity index (χ2n) is 9.30. The van der Waals surface area contributed by atoms with E-state index >= 15 is 0 Å². The van der Waals surface area contributed by atoms with Crippen LogP contribution in [0, 0.1) is 6.92 Å². The molecule has 14 nitrogen and oxygen atoms in total. The van der Waals surface area contributed by atoms with Crippen LogP contribution >= 0.6 is 0 Å². The number of nitrogens with one attached hydrogen (secondary N) is 2. The molecule has 1 fully saturated rings. The number of phenolic OH excluding ortho intramolecular Hbond substituents is 2. The van der Waals surface area contributed by atoms with Gasteiger partial charge in [0.15, 0.2) is 11.5 Å². The maximum absolute atomic E-state index is 13.5. The molecule has 4 rings (SSSR count). The number of para-hydroxylation sites is 1. The fourth-order valence-corrected chi connectivity index (χ4v) is 4.65. The molecule has 40 heavy (non-hydrogen) atoms. The molecular formula is C25H27BN4O10. The van der Waals surface area contributed by atoms with Crippen molar-refractivity contribution in [3.63, 3.8) is 0 Å². The van der Waals surface area contributed by atoms with Crippen LogP contribution in [0.4, 0.5) is 4.79 Å². The normalized spacial score (nSPS) is 17.6. The lowest BCUT2D eigenvalue weighted by molar-refractivity contribution is -0.153. The number of likely N-dealkylation sites (N-methyl/N-ethyl adjacent to an activating group) is 1. The summed E-state index contributed by atoms with van der Waals surface area (Å²) >= 11 is 0. The highest BCUT2D eigenvalue weighted by Gasteiger charge is 2.41. The van der Waals surface area contributed by atoms with E-state index in [1.54, 1.807) is 13.0 Å². The Labute approximate surface area is 228 Å². The number of piperazine rings is 1. The van der Waals surface area contributed by atoms with Crippen LogP contribution in [0.5, 0.6) is 17.2 Å². The SMILES string of the molecule is CCN1CCN(C(=O)N[C@@H](C(=O)N[C@H]2Cc3cccc(C(=O)O)c3OB2O)c2ccc(O)c(O)c2C)C(=O)C1=O. The fourth-order valence-electron chi connectivity index (χ4n) is 4.65. The second-order valence-corrected chi connectivity index (χ2v) is 9.30. The minimum atomic E-state index is -1.65. The third-order valence-electron chi connectivity index (χ3n) is 6.91. The highest BCUT2D eigenvalue weighted by atomic mass is 16.5. The van der Waals surface area contributed by atoms with Gasteiger partial charge in [0.2, 0.25) is 5.91 Å². The fraction of sp³-hybridized carbons (Fsp3) is 0.320. The first kappa shape index (κ1) is 28.2. The highest BCUT2D eigenvalue weighted by Crippen LogP contribution is 2.34. The third-order valence-corrected chi connectivity index (χ3v) is 6.91. The van der Waals surface area contributed by atoms with Gasteiger partial charge < -0.3 is 40.5 Å². The average Bonchev–Trinajstić information content (AvgIpc) is 2.92. The highest BCUT2D eigenvalue weighted by molar-refractivity contribution is 6.47. The van der Waals surface area contributed by atoms with Crippen molar-refractivity contribution in [3.05, 3.63) is 52.6 Å². The molecule has 2 aromatic rings. The van der Waals surface area contributed by atoms with Crippen LogP contribution in [0.25, 0.3) is 0 Å². The molecule has 2 atom stereocenters. The standard InChI is InChI=1S/C25H27BN4O10/c1-3-29-9-10-30(23(35)22(29)34)25(38)28-18(14-7-8-16(31)19(32)12(14)2)21(33)27-17-11-13-5-4-6-15(24(36)37)20(13)40-26(17)39/h4-8,17-18,31-32,39H,3,9-11H2,1-2H3,(H,27,33)(H,28,38)(H,36,37)/t17-,18+/m0/s1. The molecule has 0 saturated carbocycles. The molecule has 0 aliphatic carbocycles. The molecule has 0 bridgehead atoms. The maximum atomic E-state index is 13.5. The molecule has 210 valence electrons. The Morgan fingerprint density at radius 2 is 1.85 bits per heavy atom. The smallest absolute Gasteiger partial charge is 0.534 e. The summed E-state index contributed by atoms with van der Waals surface area (Å²) in [5.74, 6) is -6.20. The summed E-state index contributed by atoms with van der Waals surface area (Å²) in [4.78, 5) is 65.0. The van der Waals surface area contributed by atoms with Crippen molar-refractivity contribution in [1.29, 1.82) is 0 Å². The number of carboxylic acids is 1. The Balaban J connectivity index is 1.61. The van der Waals surface area contributed by atoms with Gasteiger partial charge in [-0.15, -0.1) is 0 Å². The first-order valence-electron chi connectivity index (χ1n) is 12.4. The number of nitrogens with zero attached hydrogens (tertiary/aromatic N) is 2. The Morgan fingerprint density at radius 3 is 2.52 bits per heavy atom. The Morgan fingerprint density at radius 1 is 1.12 bits per heavy atom. The molecule has 1 saturated heterocycles. The van der Waals surface area contributed by atoms with Crippen LogP contribution in [0.1, 0.15) is 40.0 Å². The molecule has 0 unspecified atom stereocenters. The molecule has 2 aromatic carbocycles. The predicted molar refractivity (Wildman–Crippen MR) is 137 cm³/mol. The number of fused-ring (bicyclic) bond motifs is 1. The van der Waals surface area contributed by atoms with Gasteiger partial charge in [0.1, 0.15) is 11.8 Å². The van der Waals surface area contributed by atoms with E-state index in [0.29, 0.717) is 10.5 Å². The van der Waals surface area contributed by atoms with Gasteiger partial charge >= 0.3 is 30.9 Å². The third kappa shape index (κ3) is 5.23. The molecule has 0 radical (unpaired) electrons. The van der Waals surface area contributed by atoms with E-state index < -0.39 is 60.3 Å². The molecule has 2 heterocycles. The van der Waals surface area contributed by atoms with Crippen LogP contribution in [0.2, 0.25) is 0 Å². The zero-order valence-corrected chi connectivity index (χ0v) is 21.6.